The van der Waals surface area contributed by atoms with Crippen molar-refractivity contribution >= 4 is 17.0 Å². The van der Waals surface area contributed by atoms with Crippen molar-refractivity contribution in [2.45, 2.75) is 69.8 Å². The van der Waals surface area contributed by atoms with E-state index in [9.17, 15) is 14.5 Å². The number of benzene rings is 1. The molecule has 0 aromatic heterocycles. The molecule has 0 bridgehead atoms. The smallest absolute Gasteiger partial charge is 0.167 e. The lowest BCUT2D eigenvalue weighted by molar-refractivity contribution is -0.124. The van der Waals surface area contributed by atoms with Crippen LogP contribution in [0.3, 0.4) is 0 Å². The molecule has 1 unspecified atom stereocenters. The Kier molecular flexibility index (Phi) is 6.03. The Hall–Kier alpha value is -1.56. The molecule has 3 saturated carbocycles. The first-order valence-electron chi connectivity index (χ1n) is 12.4. The van der Waals surface area contributed by atoms with Gasteiger partial charge in [-0.1, -0.05) is 37.6 Å². The molecule has 5 rings (SSSR count). The number of aliphatic hydroxyl groups excluding tert-OH is 1. The van der Waals surface area contributed by atoms with E-state index >= 15 is 0 Å². The van der Waals surface area contributed by atoms with Crippen LogP contribution >= 0.6 is 0 Å². The summed E-state index contributed by atoms with van der Waals surface area (Å²) in [6, 6.07) is 9.59. The Labute approximate surface area is 200 Å². The minimum Gasteiger partial charge on any atom is -0.611 e. The summed E-state index contributed by atoms with van der Waals surface area (Å²) < 4.78 is 19.0. The van der Waals surface area contributed by atoms with Crippen molar-refractivity contribution in [2.75, 3.05) is 12.9 Å². The summed E-state index contributed by atoms with van der Waals surface area (Å²) >= 11 is -1.16. The third-order valence-corrected chi connectivity index (χ3v) is 10.9. The second kappa shape index (κ2) is 8.58. The summed E-state index contributed by atoms with van der Waals surface area (Å²) in [5.41, 5.74) is 2.34. The van der Waals surface area contributed by atoms with Crippen molar-refractivity contribution in [1.82, 2.24) is 0 Å². The van der Waals surface area contributed by atoms with Crippen LogP contribution in [0, 0.1) is 28.6 Å². The molecular formula is C28H36O4S. The van der Waals surface area contributed by atoms with Gasteiger partial charge in [-0.25, -0.2) is 0 Å². The molecule has 4 nitrogen and oxygen atoms in total. The molecule has 0 amide bonds. The molecule has 5 heteroatoms. The summed E-state index contributed by atoms with van der Waals surface area (Å²) in [5.74, 6) is 2.63. The zero-order valence-electron chi connectivity index (χ0n) is 20.0. The van der Waals surface area contributed by atoms with E-state index in [4.69, 9.17) is 4.74 Å². The lowest BCUT2D eigenvalue weighted by Gasteiger charge is -2.59. The zero-order chi connectivity index (χ0) is 23.4. The number of carbonyl (C=O) groups is 1. The van der Waals surface area contributed by atoms with Crippen molar-refractivity contribution in [2.24, 2.45) is 28.6 Å². The van der Waals surface area contributed by atoms with E-state index in [1.54, 1.807) is 7.11 Å². The molecule has 1 N–H and O–H groups in total. The van der Waals surface area contributed by atoms with E-state index in [1.165, 1.54) is 11.1 Å². The van der Waals surface area contributed by atoms with Gasteiger partial charge in [0, 0.05) is 6.42 Å². The first kappa shape index (κ1) is 23.2. The molecule has 33 heavy (non-hydrogen) atoms. The van der Waals surface area contributed by atoms with Gasteiger partial charge in [0.2, 0.25) is 0 Å². The van der Waals surface area contributed by atoms with Crippen molar-refractivity contribution in [1.29, 1.82) is 0 Å². The average molecular weight is 469 g/mol. The zero-order valence-corrected chi connectivity index (χ0v) is 20.8. The summed E-state index contributed by atoms with van der Waals surface area (Å²) in [4.78, 5) is 12.9. The molecule has 178 valence electrons. The van der Waals surface area contributed by atoms with E-state index in [1.807, 2.05) is 36.4 Å². The fourth-order valence-corrected chi connectivity index (χ4v) is 9.16. The van der Waals surface area contributed by atoms with Gasteiger partial charge >= 0.3 is 0 Å². The molecule has 3 fully saturated rings. The number of carbonyl (C=O) groups excluding carboxylic acids is 1. The molecule has 4 aliphatic rings. The fourth-order valence-electron chi connectivity index (χ4n) is 8.00. The number of rotatable bonds is 4. The fraction of sp³-hybridized carbons (Fsp3) is 0.607. The number of methoxy groups -OCH3 is 1. The predicted molar refractivity (Wildman–Crippen MR) is 130 cm³/mol. The number of allylic oxidation sites excluding steroid dienone is 2. The van der Waals surface area contributed by atoms with Crippen LogP contribution in [0.2, 0.25) is 0 Å². The predicted octanol–water partition coefficient (Wildman–Crippen LogP) is 5.20. The van der Waals surface area contributed by atoms with Crippen LogP contribution < -0.4 is 0 Å². The maximum Gasteiger partial charge on any atom is 0.167 e. The van der Waals surface area contributed by atoms with Gasteiger partial charge in [-0.15, -0.1) is 0 Å². The van der Waals surface area contributed by atoms with E-state index < -0.39 is 17.3 Å². The van der Waals surface area contributed by atoms with Gasteiger partial charge in [-0.2, -0.15) is 0 Å². The lowest BCUT2D eigenvalue weighted by atomic mass is 9.46. The summed E-state index contributed by atoms with van der Waals surface area (Å²) in [6.07, 6.45) is 7.73. The first-order valence-corrected chi connectivity index (χ1v) is 13.7. The SMILES string of the molecule is CO/C(C[S+]([O-])c1ccccc1)=C1/CC[C@H]2[C@@H]3CCC4=CC(=O)CC[C@]4(C)[C@H]3[C@@H](O)C[C@]12C. The highest BCUT2D eigenvalue weighted by Gasteiger charge is 2.61. The quantitative estimate of drug-likeness (QED) is 0.487. The third kappa shape index (κ3) is 3.71. The van der Waals surface area contributed by atoms with E-state index in [-0.39, 0.29) is 22.5 Å². The summed E-state index contributed by atoms with van der Waals surface area (Å²) in [6.45, 7) is 4.60. The number of ether oxygens (including phenoxy) is 1. The van der Waals surface area contributed by atoms with Crippen LogP contribution in [0.25, 0.3) is 0 Å². The van der Waals surface area contributed by atoms with Gasteiger partial charge in [-0.3, -0.25) is 4.79 Å². The maximum absolute atomic E-state index is 13.1. The molecule has 7 atom stereocenters. The molecule has 0 radical (unpaired) electrons. The number of aliphatic hydroxyl groups is 1. The molecule has 1 aromatic carbocycles. The van der Waals surface area contributed by atoms with Gasteiger partial charge in [0.05, 0.1) is 13.2 Å². The summed E-state index contributed by atoms with van der Waals surface area (Å²) in [7, 11) is 1.70. The van der Waals surface area contributed by atoms with Crippen molar-refractivity contribution < 1.29 is 19.2 Å². The van der Waals surface area contributed by atoms with Crippen molar-refractivity contribution in [3.8, 4) is 0 Å². The average Bonchev–Trinajstić information content (AvgIpc) is 3.14. The molecule has 1 aromatic rings. The van der Waals surface area contributed by atoms with Crippen LogP contribution in [-0.4, -0.2) is 34.4 Å². The Morgan fingerprint density at radius 2 is 1.91 bits per heavy atom. The maximum atomic E-state index is 13.1. The third-order valence-electron chi connectivity index (χ3n) is 9.53. The van der Waals surface area contributed by atoms with Gasteiger partial charge in [0.1, 0.15) is 5.76 Å². The van der Waals surface area contributed by atoms with E-state index in [0.29, 0.717) is 24.0 Å². The topological polar surface area (TPSA) is 69.6 Å². The molecule has 0 spiro atoms. The van der Waals surface area contributed by atoms with Crippen molar-refractivity contribution in [3.05, 3.63) is 53.3 Å². The molecule has 0 aliphatic heterocycles. The Morgan fingerprint density at radius 3 is 2.64 bits per heavy atom. The molecular weight excluding hydrogens is 432 g/mol. The second-order valence-corrected chi connectivity index (χ2v) is 12.5. The Morgan fingerprint density at radius 1 is 1.15 bits per heavy atom. The first-order chi connectivity index (χ1) is 15.8. The largest absolute Gasteiger partial charge is 0.611 e. The van der Waals surface area contributed by atoms with Gasteiger partial charge in [0.15, 0.2) is 16.4 Å². The van der Waals surface area contributed by atoms with Crippen molar-refractivity contribution in [3.63, 3.8) is 0 Å². The van der Waals surface area contributed by atoms with Crippen LogP contribution in [0.1, 0.15) is 58.8 Å². The number of hydrogen-bond donors (Lipinski definition) is 1. The monoisotopic (exact) mass is 468 g/mol. The highest BCUT2D eigenvalue weighted by Crippen LogP contribution is 2.66. The van der Waals surface area contributed by atoms with Crippen LogP contribution in [0.15, 0.2) is 58.2 Å². The second-order valence-electron chi connectivity index (χ2n) is 11.0. The molecule has 4 aliphatic carbocycles. The molecule has 0 heterocycles. The van der Waals surface area contributed by atoms with Gasteiger partial charge < -0.3 is 14.4 Å². The number of ketones is 1. The van der Waals surface area contributed by atoms with Crippen LogP contribution in [-0.2, 0) is 20.7 Å². The minimum absolute atomic E-state index is 0.0665. The van der Waals surface area contributed by atoms with Crippen LogP contribution in [0.5, 0.6) is 0 Å². The molecule has 0 saturated heterocycles. The number of hydrogen-bond acceptors (Lipinski definition) is 4. The Balaban J connectivity index is 1.46. The van der Waals surface area contributed by atoms with Gasteiger partial charge in [0.25, 0.3) is 0 Å². The minimum atomic E-state index is -1.16. The lowest BCUT2D eigenvalue weighted by Crippen LogP contribution is -2.55. The van der Waals surface area contributed by atoms with Crippen LogP contribution in [0.4, 0.5) is 0 Å². The standard InChI is InChI=1S/C28H36O4S/c1-27-14-13-19(29)15-18(27)9-10-21-22-11-12-23(28(22,2)16-24(30)26(21)27)25(32-3)17-33(31)20-7-5-4-6-8-20/h4-8,15,21-22,24,26,30H,9-14,16-17H2,1-3H3/b25-23-/t21-,22-,24-,26+,27-,28-,33?/m0/s1. The van der Waals surface area contributed by atoms with Gasteiger partial charge in [-0.05, 0) is 102 Å². The van der Waals surface area contributed by atoms with E-state index in [2.05, 4.69) is 13.8 Å². The number of fused-ring (bicyclic) bond motifs is 5. The van der Waals surface area contributed by atoms with E-state index in [0.717, 1.165) is 49.2 Å². The Bertz CT molecular complexity index is 985. The normalized spacial score (nSPS) is 40.3. The highest BCUT2D eigenvalue weighted by molar-refractivity contribution is 7.91. The summed E-state index contributed by atoms with van der Waals surface area (Å²) in [5, 5.41) is 11.6. The highest BCUT2D eigenvalue weighted by atomic mass is 32.2.